The molecule has 5 rings (SSSR count). The monoisotopic (exact) mass is 450 g/mol. The van der Waals surface area contributed by atoms with Gasteiger partial charge >= 0.3 is 0 Å². The molecule has 4 N–H and O–H groups in total. The lowest BCUT2D eigenvalue weighted by Gasteiger charge is -2.33. The Bertz CT molecular complexity index is 1230. The van der Waals surface area contributed by atoms with E-state index in [0.717, 1.165) is 0 Å². The summed E-state index contributed by atoms with van der Waals surface area (Å²) in [6.45, 7) is 1.81. The van der Waals surface area contributed by atoms with Gasteiger partial charge in [-0.3, -0.25) is 19.4 Å². The van der Waals surface area contributed by atoms with Gasteiger partial charge < -0.3 is 25.4 Å². The van der Waals surface area contributed by atoms with Crippen molar-refractivity contribution in [1.29, 1.82) is 5.26 Å². The zero-order valence-electron chi connectivity index (χ0n) is 17.7. The van der Waals surface area contributed by atoms with Crippen LogP contribution in [0.15, 0.2) is 23.0 Å². The van der Waals surface area contributed by atoms with Crippen LogP contribution in [0.25, 0.3) is 0 Å². The fourth-order valence-corrected chi connectivity index (χ4v) is 4.64. The molecule has 3 aliphatic heterocycles. The predicted molar refractivity (Wildman–Crippen MR) is 116 cm³/mol. The zero-order valence-corrected chi connectivity index (χ0v) is 17.7. The number of anilines is 2. The first-order valence-electron chi connectivity index (χ1n) is 10.7. The molecule has 4 heterocycles. The van der Waals surface area contributed by atoms with Crippen molar-refractivity contribution in [2.45, 2.75) is 18.8 Å². The van der Waals surface area contributed by atoms with Gasteiger partial charge in [-0.15, -0.1) is 0 Å². The first-order chi connectivity index (χ1) is 16.0. The standard InChI is InChI=1S/C22H22N6O5/c23-10-13-16(12-1-2-14-15(9-12)33-8-7-32-14)17-19(25-20(13)30)26-22(27-21(17)31)28-5-3-11(4-6-28)18(24)29/h1-2,9,11,13,16H,3-8H2,(H2,24,29)(H2,25,26,27,30,31). The molecule has 0 bridgehead atoms. The molecule has 2 unspecified atom stereocenters. The molecule has 1 fully saturated rings. The number of aromatic amines is 1. The fourth-order valence-electron chi connectivity index (χ4n) is 4.64. The second-order valence-corrected chi connectivity index (χ2v) is 8.29. The summed E-state index contributed by atoms with van der Waals surface area (Å²) in [6, 6.07) is 7.17. The highest BCUT2D eigenvalue weighted by molar-refractivity contribution is 5.98. The summed E-state index contributed by atoms with van der Waals surface area (Å²) in [4.78, 5) is 46.6. The number of fused-ring (bicyclic) bond motifs is 2. The van der Waals surface area contributed by atoms with Crippen molar-refractivity contribution in [2.75, 3.05) is 36.5 Å². The number of nitrogens with one attached hydrogen (secondary N) is 2. The van der Waals surface area contributed by atoms with Gasteiger partial charge in [-0.1, -0.05) is 6.07 Å². The number of hydrogen-bond acceptors (Lipinski definition) is 8. The maximum Gasteiger partial charge on any atom is 0.258 e. The van der Waals surface area contributed by atoms with E-state index >= 15 is 0 Å². The van der Waals surface area contributed by atoms with Crippen LogP contribution in [-0.2, 0) is 9.59 Å². The van der Waals surface area contributed by atoms with Crippen LogP contribution in [0, 0.1) is 23.2 Å². The van der Waals surface area contributed by atoms with Crippen LogP contribution in [-0.4, -0.2) is 48.1 Å². The second-order valence-electron chi connectivity index (χ2n) is 8.29. The van der Waals surface area contributed by atoms with Crippen LogP contribution in [0.1, 0.15) is 29.9 Å². The Morgan fingerprint density at radius 2 is 1.91 bits per heavy atom. The van der Waals surface area contributed by atoms with Crippen LogP contribution in [0.2, 0.25) is 0 Å². The first-order valence-corrected chi connectivity index (χ1v) is 10.7. The molecule has 2 amide bonds. The van der Waals surface area contributed by atoms with Gasteiger partial charge in [-0.25, -0.2) is 0 Å². The van der Waals surface area contributed by atoms with E-state index in [2.05, 4.69) is 15.3 Å². The summed E-state index contributed by atoms with van der Waals surface area (Å²) >= 11 is 0. The summed E-state index contributed by atoms with van der Waals surface area (Å²) in [7, 11) is 0. The average molecular weight is 450 g/mol. The third kappa shape index (κ3) is 3.63. The van der Waals surface area contributed by atoms with Crippen LogP contribution in [0.3, 0.4) is 0 Å². The minimum absolute atomic E-state index is 0.127. The molecule has 11 heteroatoms. The number of H-pyrrole nitrogens is 1. The Morgan fingerprint density at radius 1 is 1.18 bits per heavy atom. The smallest absolute Gasteiger partial charge is 0.258 e. The maximum atomic E-state index is 13.2. The van der Waals surface area contributed by atoms with Crippen molar-refractivity contribution in [3.05, 3.63) is 39.7 Å². The minimum Gasteiger partial charge on any atom is -0.486 e. The third-order valence-electron chi connectivity index (χ3n) is 6.37. The SMILES string of the molecule is N#CC1C(=O)Nc2nc(N3CCC(C(N)=O)CC3)[nH]c(=O)c2C1c1ccc2c(c1)OCCO2. The van der Waals surface area contributed by atoms with Gasteiger partial charge in [0.25, 0.3) is 5.56 Å². The van der Waals surface area contributed by atoms with Crippen LogP contribution in [0.5, 0.6) is 11.5 Å². The van der Waals surface area contributed by atoms with Crippen molar-refractivity contribution < 1.29 is 19.1 Å². The summed E-state index contributed by atoms with van der Waals surface area (Å²) in [5.74, 6) is -1.50. The maximum absolute atomic E-state index is 13.2. The molecule has 33 heavy (non-hydrogen) atoms. The number of aromatic nitrogens is 2. The number of nitrogens with zero attached hydrogens (tertiary/aromatic N) is 3. The number of primary amides is 1. The Balaban J connectivity index is 1.54. The number of ether oxygens (including phenoxy) is 2. The molecule has 1 aromatic carbocycles. The van der Waals surface area contributed by atoms with Crippen LogP contribution < -0.4 is 31.0 Å². The normalized spacial score (nSPS) is 22.2. The number of hydrogen-bond donors (Lipinski definition) is 3. The Labute approximate surface area is 188 Å². The highest BCUT2D eigenvalue weighted by atomic mass is 16.6. The molecular weight excluding hydrogens is 428 g/mol. The Morgan fingerprint density at radius 3 is 2.61 bits per heavy atom. The summed E-state index contributed by atoms with van der Waals surface area (Å²) in [5.41, 5.74) is 5.77. The fraction of sp³-hybridized carbons (Fsp3) is 0.409. The first kappa shape index (κ1) is 20.8. The van der Waals surface area contributed by atoms with E-state index in [1.54, 1.807) is 18.2 Å². The third-order valence-corrected chi connectivity index (χ3v) is 6.37. The molecule has 2 aromatic rings. The van der Waals surface area contributed by atoms with Gasteiger partial charge in [0.1, 0.15) is 24.9 Å². The molecule has 0 radical (unpaired) electrons. The molecule has 170 valence electrons. The van der Waals surface area contributed by atoms with Gasteiger partial charge in [0.05, 0.1) is 11.6 Å². The van der Waals surface area contributed by atoms with E-state index < -0.39 is 23.3 Å². The number of benzene rings is 1. The van der Waals surface area contributed by atoms with Crippen LogP contribution >= 0.6 is 0 Å². The molecule has 1 saturated heterocycles. The molecular formula is C22H22N6O5. The van der Waals surface area contributed by atoms with Crippen molar-refractivity contribution >= 4 is 23.6 Å². The van der Waals surface area contributed by atoms with Crippen molar-refractivity contribution in [3.63, 3.8) is 0 Å². The van der Waals surface area contributed by atoms with E-state index in [0.29, 0.717) is 62.2 Å². The molecule has 0 spiro atoms. The van der Waals surface area contributed by atoms with E-state index in [1.165, 1.54) is 0 Å². The zero-order chi connectivity index (χ0) is 23.1. The number of nitrogens with two attached hydrogens (primary N) is 1. The molecule has 0 saturated carbocycles. The highest BCUT2D eigenvalue weighted by Gasteiger charge is 2.41. The van der Waals surface area contributed by atoms with E-state index in [-0.39, 0.29) is 23.2 Å². The Hall–Kier alpha value is -4.07. The molecule has 0 aliphatic carbocycles. The molecule has 11 nitrogen and oxygen atoms in total. The molecule has 1 aromatic heterocycles. The number of nitriles is 1. The summed E-state index contributed by atoms with van der Waals surface area (Å²) in [6.07, 6.45) is 1.11. The van der Waals surface area contributed by atoms with Gasteiger partial charge in [0.15, 0.2) is 11.5 Å². The van der Waals surface area contributed by atoms with Gasteiger partial charge in [0, 0.05) is 24.9 Å². The van der Waals surface area contributed by atoms with E-state index in [4.69, 9.17) is 15.2 Å². The number of carbonyl (C=O) groups is 2. The quantitative estimate of drug-likeness (QED) is 0.607. The second kappa shape index (κ2) is 8.12. The number of piperidine rings is 1. The summed E-state index contributed by atoms with van der Waals surface area (Å²) < 4.78 is 11.2. The molecule has 2 atom stereocenters. The summed E-state index contributed by atoms with van der Waals surface area (Å²) in [5, 5.41) is 12.4. The van der Waals surface area contributed by atoms with Gasteiger partial charge in [-0.2, -0.15) is 10.2 Å². The van der Waals surface area contributed by atoms with E-state index in [1.807, 2.05) is 11.0 Å². The van der Waals surface area contributed by atoms with Crippen LogP contribution in [0.4, 0.5) is 11.8 Å². The number of rotatable bonds is 3. The Kier molecular flexibility index (Phi) is 5.12. The number of amides is 2. The van der Waals surface area contributed by atoms with Crippen molar-refractivity contribution in [1.82, 2.24) is 9.97 Å². The van der Waals surface area contributed by atoms with Gasteiger partial charge in [-0.05, 0) is 30.5 Å². The minimum atomic E-state index is -1.11. The largest absolute Gasteiger partial charge is 0.486 e. The van der Waals surface area contributed by atoms with E-state index in [9.17, 15) is 19.6 Å². The highest BCUT2D eigenvalue weighted by Crippen LogP contribution is 2.41. The topological polar surface area (TPSA) is 163 Å². The van der Waals surface area contributed by atoms with Gasteiger partial charge in [0.2, 0.25) is 17.8 Å². The lowest BCUT2D eigenvalue weighted by molar-refractivity contribution is -0.122. The van der Waals surface area contributed by atoms with Crippen molar-refractivity contribution in [3.8, 4) is 17.6 Å². The predicted octanol–water partition coefficient (Wildman–Crippen LogP) is 0.467. The number of carbonyl (C=O) groups excluding carboxylic acids is 2. The molecule has 3 aliphatic rings. The lowest BCUT2D eigenvalue weighted by Crippen LogP contribution is -2.42. The average Bonchev–Trinajstić information content (AvgIpc) is 2.82. The van der Waals surface area contributed by atoms with Crippen molar-refractivity contribution in [2.24, 2.45) is 17.6 Å². The lowest BCUT2D eigenvalue weighted by atomic mass is 9.79.